The van der Waals surface area contributed by atoms with E-state index in [0.29, 0.717) is 5.41 Å². The lowest BCUT2D eigenvalue weighted by Crippen LogP contribution is -2.61. The average Bonchev–Trinajstić information content (AvgIpc) is 2.44. The molecule has 0 N–H and O–H groups in total. The number of nitrogens with zero attached hydrogens (tertiary/aromatic N) is 3. The van der Waals surface area contributed by atoms with Gasteiger partial charge in [0.25, 0.3) is 0 Å². The number of hydrogen-bond acceptors (Lipinski definition) is 4. The highest BCUT2D eigenvalue weighted by molar-refractivity contribution is 9.10. The van der Waals surface area contributed by atoms with Gasteiger partial charge in [-0.3, -0.25) is 0 Å². The van der Waals surface area contributed by atoms with Gasteiger partial charge in [-0.1, -0.05) is 0 Å². The van der Waals surface area contributed by atoms with Crippen LogP contribution in [0, 0.1) is 5.41 Å². The maximum Gasteiger partial charge on any atom is 0.410 e. The second kappa shape index (κ2) is 5.96. The third-order valence-corrected chi connectivity index (χ3v) is 5.03. The van der Waals surface area contributed by atoms with Gasteiger partial charge in [0.05, 0.1) is 0 Å². The van der Waals surface area contributed by atoms with Crippen LogP contribution in [0.4, 0.5) is 10.6 Å². The second-order valence-electron chi connectivity index (χ2n) is 7.66. The first-order valence-electron chi connectivity index (χ1n) is 8.11. The molecule has 0 bridgehead atoms. The summed E-state index contributed by atoms with van der Waals surface area (Å²) in [7, 11) is 0. The van der Waals surface area contributed by atoms with Crippen molar-refractivity contribution in [2.45, 2.75) is 39.2 Å². The Morgan fingerprint density at radius 2 is 1.91 bits per heavy atom. The van der Waals surface area contributed by atoms with E-state index in [2.05, 4.69) is 25.8 Å². The zero-order valence-electron chi connectivity index (χ0n) is 14.0. The van der Waals surface area contributed by atoms with Crippen LogP contribution in [0.3, 0.4) is 0 Å². The van der Waals surface area contributed by atoms with Gasteiger partial charge >= 0.3 is 6.09 Å². The number of halogens is 1. The highest BCUT2D eigenvalue weighted by Crippen LogP contribution is 2.42. The molecule has 0 saturated carbocycles. The predicted molar refractivity (Wildman–Crippen MR) is 93.6 cm³/mol. The molecule has 1 aromatic rings. The number of rotatable bonds is 1. The monoisotopic (exact) mass is 381 g/mol. The van der Waals surface area contributed by atoms with E-state index in [1.165, 1.54) is 0 Å². The standard InChI is InChI=1S/C17H24BrN3O2/c1-16(2,3)23-15(22)20-8-6-17(7-9-20)11-21(12-17)14-5-4-13(18)10-19-14/h4-5,10H,6-9,11-12H2,1-3H3. The van der Waals surface area contributed by atoms with Crippen LogP contribution in [0.5, 0.6) is 0 Å². The summed E-state index contributed by atoms with van der Waals surface area (Å²) < 4.78 is 6.46. The van der Waals surface area contributed by atoms with Crippen molar-refractivity contribution < 1.29 is 9.53 Å². The summed E-state index contributed by atoms with van der Waals surface area (Å²) >= 11 is 3.42. The third kappa shape index (κ3) is 3.79. The average molecular weight is 382 g/mol. The Labute approximate surface area is 146 Å². The van der Waals surface area contributed by atoms with Gasteiger partial charge in [-0.05, 0) is 61.7 Å². The van der Waals surface area contributed by atoms with E-state index in [1.807, 2.05) is 44.0 Å². The molecule has 3 rings (SSSR count). The molecule has 1 aromatic heterocycles. The first kappa shape index (κ1) is 16.6. The minimum atomic E-state index is -0.424. The summed E-state index contributed by atoms with van der Waals surface area (Å²) in [6.07, 6.45) is 3.74. The van der Waals surface area contributed by atoms with Gasteiger partial charge in [0, 0.05) is 42.3 Å². The topological polar surface area (TPSA) is 45.7 Å². The van der Waals surface area contributed by atoms with Crippen molar-refractivity contribution in [1.82, 2.24) is 9.88 Å². The van der Waals surface area contributed by atoms with Gasteiger partial charge in [-0.2, -0.15) is 0 Å². The molecule has 0 radical (unpaired) electrons. The molecule has 2 fully saturated rings. The number of aromatic nitrogens is 1. The lowest BCUT2D eigenvalue weighted by Gasteiger charge is -2.54. The van der Waals surface area contributed by atoms with Crippen LogP contribution < -0.4 is 4.90 Å². The Morgan fingerprint density at radius 1 is 1.26 bits per heavy atom. The van der Waals surface area contributed by atoms with Crippen LogP contribution in [0.2, 0.25) is 0 Å². The van der Waals surface area contributed by atoms with Crippen LogP contribution in [-0.4, -0.2) is 47.8 Å². The molecular formula is C17H24BrN3O2. The van der Waals surface area contributed by atoms with E-state index in [0.717, 1.165) is 49.3 Å². The minimum absolute atomic E-state index is 0.182. The summed E-state index contributed by atoms with van der Waals surface area (Å²) in [4.78, 5) is 20.7. The molecule has 2 aliphatic heterocycles. The lowest BCUT2D eigenvalue weighted by molar-refractivity contribution is 0.00590. The molecule has 126 valence electrons. The molecule has 3 heterocycles. The summed E-state index contributed by atoms with van der Waals surface area (Å²) in [6.45, 7) is 9.36. The van der Waals surface area contributed by atoms with Crippen LogP contribution in [0.25, 0.3) is 0 Å². The van der Waals surface area contributed by atoms with Gasteiger partial charge in [0.2, 0.25) is 0 Å². The van der Waals surface area contributed by atoms with Gasteiger partial charge < -0.3 is 14.5 Å². The zero-order valence-corrected chi connectivity index (χ0v) is 15.6. The Morgan fingerprint density at radius 3 is 2.43 bits per heavy atom. The molecule has 0 aromatic carbocycles. The van der Waals surface area contributed by atoms with E-state index >= 15 is 0 Å². The van der Waals surface area contributed by atoms with Crippen molar-refractivity contribution in [2.75, 3.05) is 31.1 Å². The highest BCUT2D eigenvalue weighted by Gasteiger charge is 2.46. The Hall–Kier alpha value is -1.30. The number of hydrogen-bond donors (Lipinski definition) is 0. The van der Waals surface area contributed by atoms with Crippen molar-refractivity contribution in [3.63, 3.8) is 0 Å². The van der Waals surface area contributed by atoms with E-state index in [-0.39, 0.29) is 6.09 Å². The van der Waals surface area contributed by atoms with Crippen molar-refractivity contribution >= 4 is 27.8 Å². The fourth-order valence-electron chi connectivity index (χ4n) is 3.29. The number of ether oxygens (including phenoxy) is 1. The predicted octanol–water partition coefficient (Wildman–Crippen LogP) is 3.68. The van der Waals surface area contributed by atoms with Crippen LogP contribution >= 0.6 is 15.9 Å². The Bertz CT molecular complexity index is 566. The minimum Gasteiger partial charge on any atom is -0.444 e. The normalized spacial score (nSPS) is 20.3. The number of carbonyl (C=O) groups is 1. The van der Waals surface area contributed by atoms with Crippen LogP contribution in [-0.2, 0) is 4.74 Å². The largest absolute Gasteiger partial charge is 0.444 e. The number of anilines is 1. The number of piperidine rings is 1. The van der Waals surface area contributed by atoms with Gasteiger partial charge in [-0.25, -0.2) is 9.78 Å². The van der Waals surface area contributed by atoms with Gasteiger partial charge in [0.1, 0.15) is 11.4 Å². The van der Waals surface area contributed by atoms with Crippen LogP contribution in [0.1, 0.15) is 33.6 Å². The summed E-state index contributed by atoms with van der Waals surface area (Å²) in [5.74, 6) is 1.04. The molecule has 1 spiro atoms. The molecular weight excluding hydrogens is 358 g/mol. The van der Waals surface area contributed by atoms with E-state index in [9.17, 15) is 4.79 Å². The van der Waals surface area contributed by atoms with E-state index < -0.39 is 5.60 Å². The highest BCUT2D eigenvalue weighted by atomic mass is 79.9. The number of likely N-dealkylation sites (tertiary alicyclic amines) is 1. The number of pyridine rings is 1. The maximum atomic E-state index is 12.1. The van der Waals surface area contributed by atoms with Crippen molar-refractivity contribution in [3.8, 4) is 0 Å². The summed E-state index contributed by atoms with van der Waals surface area (Å²) in [5, 5.41) is 0. The fraction of sp³-hybridized carbons (Fsp3) is 0.647. The maximum absolute atomic E-state index is 12.1. The lowest BCUT2D eigenvalue weighted by atomic mass is 9.72. The third-order valence-electron chi connectivity index (χ3n) is 4.56. The Balaban J connectivity index is 1.50. The SMILES string of the molecule is CC(C)(C)OC(=O)N1CCC2(CC1)CN(c1ccc(Br)cn1)C2. The van der Waals surface area contributed by atoms with Crippen molar-refractivity contribution in [3.05, 3.63) is 22.8 Å². The van der Waals surface area contributed by atoms with E-state index in [4.69, 9.17) is 4.74 Å². The smallest absolute Gasteiger partial charge is 0.410 e. The molecule has 2 saturated heterocycles. The summed E-state index contributed by atoms with van der Waals surface area (Å²) in [6, 6.07) is 4.07. The molecule has 1 amide bonds. The molecule has 2 aliphatic rings. The quantitative estimate of drug-likeness (QED) is 0.744. The first-order valence-corrected chi connectivity index (χ1v) is 8.90. The first-order chi connectivity index (χ1) is 10.8. The molecule has 23 heavy (non-hydrogen) atoms. The molecule has 5 nitrogen and oxygen atoms in total. The van der Waals surface area contributed by atoms with E-state index in [1.54, 1.807) is 0 Å². The summed E-state index contributed by atoms with van der Waals surface area (Å²) in [5.41, 5.74) is -0.0833. The second-order valence-corrected chi connectivity index (χ2v) is 8.57. The van der Waals surface area contributed by atoms with Crippen molar-refractivity contribution in [1.29, 1.82) is 0 Å². The van der Waals surface area contributed by atoms with Crippen molar-refractivity contribution in [2.24, 2.45) is 5.41 Å². The zero-order chi connectivity index (χ0) is 16.7. The number of amides is 1. The molecule has 0 atom stereocenters. The number of carbonyl (C=O) groups excluding carboxylic acids is 1. The molecule has 0 unspecified atom stereocenters. The fourth-order valence-corrected chi connectivity index (χ4v) is 3.52. The molecule has 6 heteroatoms. The van der Waals surface area contributed by atoms with Gasteiger partial charge in [0.15, 0.2) is 0 Å². The Kier molecular flexibility index (Phi) is 4.29. The molecule has 0 aliphatic carbocycles. The van der Waals surface area contributed by atoms with Crippen LogP contribution in [0.15, 0.2) is 22.8 Å². The van der Waals surface area contributed by atoms with Gasteiger partial charge in [-0.15, -0.1) is 0 Å².